The van der Waals surface area contributed by atoms with Crippen molar-refractivity contribution in [2.24, 2.45) is 5.73 Å². The van der Waals surface area contributed by atoms with Gasteiger partial charge in [-0.2, -0.15) is 5.26 Å². The van der Waals surface area contributed by atoms with Crippen molar-refractivity contribution < 1.29 is 0 Å². The minimum absolute atomic E-state index is 0.0133. The van der Waals surface area contributed by atoms with Gasteiger partial charge in [-0.15, -0.1) is 0 Å². The minimum Gasteiger partial charge on any atom is -0.329 e. The van der Waals surface area contributed by atoms with E-state index in [2.05, 4.69) is 11.1 Å². The average Bonchev–Trinajstić information content (AvgIpc) is 3.04. The van der Waals surface area contributed by atoms with Gasteiger partial charge in [-0.3, -0.25) is 0 Å². The molecule has 2 heterocycles. The summed E-state index contributed by atoms with van der Waals surface area (Å²) in [7, 11) is 0. The third kappa shape index (κ3) is 1.09. The zero-order valence-electron chi connectivity index (χ0n) is 8.85. The molecule has 3 rings (SSSR count). The molecule has 0 spiro atoms. The number of rotatable bonds is 2. The van der Waals surface area contributed by atoms with E-state index in [-0.39, 0.29) is 5.41 Å². The van der Waals surface area contributed by atoms with E-state index in [1.807, 2.05) is 28.8 Å². The second kappa shape index (κ2) is 3.06. The van der Waals surface area contributed by atoms with Gasteiger partial charge in [-0.25, -0.2) is 4.98 Å². The van der Waals surface area contributed by atoms with Crippen LogP contribution in [0.15, 0.2) is 24.4 Å². The third-order valence-electron chi connectivity index (χ3n) is 3.37. The highest BCUT2D eigenvalue weighted by Gasteiger charge is 2.46. The Kier molecular flexibility index (Phi) is 1.79. The third-order valence-corrected chi connectivity index (χ3v) is 3.37. The molecule has 0 unspecified atom stereocenters. The van der Waals surface area contributed by atoms with Gasteiger partial charge < -0.3 is 10.1 Å². The van der Waals surface area contributed by atoms with Crippen LogP contribution in [-0.2, 0) is 5.41 Å². The van der Waals surface area contributed by atoms with Crippen LogP contribution in [-0.4, -0.2) is 15.9 Å². The van der Waals surface area contributed by atoms with E-state index >= 15 is 0 Å². The second-order valence-corrected chi connectivity index (χ2v) is 4.34. The summed E-state index contributed by atoms with van der Waals surface area (Å²) >= 11 is 0. The molecule has 0 atom stereocenters. The fourth-order valence-corrected chi connectivity index (χ4v) is 2.16. The van der Waals surface area contributed by atoms with Crippen LogP contribution in [0.2, 0.25) is 0 Å². The molecule has 2 aromatic rings. The Morgan fingerprint density at radius 1 is 1.50 bits per heavy atom. The van der Waals surface area contributed by atoms with Crippen molar-refractivity contribution >= 4 is 5.52 Å². The number of fused-ring (bicyclic) bond motifs is 1. The van der Waals surface area contributed by atoms with Gasteiger partial charge in [0.2, 0.25) is 0 Å². The van der Waals surface area contributed by atoms with Crippen LogP contribution in [0, 0.1) is 11.3 Å². The van der Waals surface area contributed by atoms with Gasteiger partial charge in [0.25, 0.3) is 0 Å². The first-order valence-electron chi connectivity index (χ1n) is 5.38. The molecule has 16 heavy (non-hydrogen) atoms. The lowest BCUT2D eigenvalue weighted by Gasteiger charge is -2.10. The Hall–Kier alpha value is -1.86. The van der Waals surface area contributed by atoms with Crippen LogP contribution in [0.1, 0.15) is 24.4 Å². The van der Waals surface area contributed by atoms with Crippen molar-refractivity contribution in [2.75, 3.05) is 6.54 Å². The molecule has 0 radical (unpaired) electrons. The molecule has 0 aliphatic heterocycles. The Morgan fingerprint density at radius 3 is 2.94 bits per heavy atom. The first-order valence-corrected chi connectivity index (χ1v) is 5.38. The average molecular weight is 212 g/mol. The van der Waals surface area contributed by atoms with Gasteiger partial charge in [0.05, 0.1) is 5.52 Å². The molecule has 0 amide bonds. The van der Waals surface area contributed by atoms with E-state index in [1.54, 1.807) is 0 Å². The number of nitrogens with two attached hydrogens (primary N) is 1. The zero-order valence-corrected chi connectivity index (χ0v) is 8.85. The van der Waals surface area contributed by atoms with Gasteiger partial charge in [0.1, 0.15) is 11.9 Å². The summed E-state index contributed by atoms with van der Waals surface area (Å²) < 4.78 is 2.00. The highest BCUT2D eigenvalue weighted by molar-refractivity contribution is 5.59. The number of pyridine rings is 1. The molecule has 0 saturated heterocycles. The standard InChI is InChI=1S/C12H12N4/c13-7-9-10-3-1-2-6-16(10)11(15-9)12(8-14)4-5-12/h1-3,6H,4-5,8,14H2. The van der Waals surface area contributed by atoms with E-state index in [0.717, 1.165) is 24.2 Å². The summed E-state index contributed by atoms with van der Waals surface area (Å²) in [4.78, 5) is 4.43. The summed E-state index contributed by atoms with van der Waals surface area (Å²) in [5, 5.41) is 9.05. The lowest BCUT2D eigenvalue weighted by Crippen LogP contribution is -2.22. The smallest absolute Gasteiger partial charge is 0.166 e. The first kappa shape index (κ1) is 9.37. The minimum atomic E-state index is 0.0133. The number of imidazole rings is 1. The van der Waals surface area contributed by atoms with Crippen molar-refractivity contribution in [2.45, 2.75) is 18.3 Å². The van der Waals surface area contributed by atoms with Gasteiger partial charge >= 0.3 is 0 Å². The summed E-state index contributed by atoms with van der Waals surface area (Å²) in [5.41, 5.74) is 7.19. The largest absolute Gasteiger partial charge is 0.329 e. The normalized spacial score (nSPS) is 17.2. The summed E-state index contributed by atoms with van der Waals surface area (Å²) in [5.74, 6) is 0.946. The number of nitriles is 1. The topological polar surface area (TPSA) is 67.1 Å². The predicted molar refractivity (Wildman–Crippen MR) is 59.9 cm³/mol. The maximum atomic E-state index is 9.05. The number of aromatic nitrogens is 2. The van der Waals surface area contributed by atoms with E-state index in [9.17, 15) is 0 Å². The van der Waals surface area contributed by atoms with Gasteiger partial charge in [0, 0.05) is 18.2 Å². The van der Waals surface area contributed by atoms with Gasteiger partial charge in [0.15, 0.2) is 5.69 Å². The number of hydrogen-bond donors (Lipinski definition) is 1. The molecule has 1 saturated carbocycles. The molecular weight excluding hydrogens is 200 g/mol. The second-order valence-electron chi connectivity index (χ2n) is 4.34. The van der Waals surface area contributed by atoms with Crippen LogP contribution < -0.4 is 5.73 Å². The highest BCUT2D eigenvalue weighted by atomic mass is 15.1. The molecule has 0 bridgehead atoms. The van der Waals surface area contributed by atoms with E-state index in [4.69, 9.17) is 11.0 Å². The van der Waals surface area contributed by atoms with E-state index in [1.165, 1.54) is 0 Å². The van der Waals surface area contributed by atoms with Crippen LogP contribution in [0.5, 0.6) is 0 Å². The van der Waals surface area contributed by atoms with Crippen molar-refractivity contribution in [1.82, 2.24) is 9.38 Å². The van der Waals surface area contributed by atoms with Crippen LogP contribution in [0.4, 0.5) is 0 Å². The number of nitrogens with zero attached hydrogens (tertiary/aromatic N) is 3. The van der Waals surface area contributed by atoms with Crippen molar-refractivity contribution in [3.8, 4) is 6.07 Å². The molecule has 2 aromatic heterocycles. The Bertz CT molecular complexity index is 587. The van der Waals surface area contributed by atoms with Crippen LogP contribution >= 0.6 is 0 Å². The number of hydrogen-bond acceptors (Lipinski definition) is 3. The predicted octanol–water partition coefficient (Wildman–Crippen LogP) is 1.20. The fourth-order valence-electron chi connectivity index (χ4n) is 2.16. The zero-order chi connectivity index (χ0) is 11.2. The maximum absolute atomic E-state index is 9.05. The monoisotopic (exact) mass is 212 g/mol. The molecular formula is C12H12N4. The highest BCUT2D eigenvalue weighted by Crippen LogP contribution is 2.46. The summed E-state index contributed by atoms with van der Waals surface area (Å²) in [6, 6.07) is 7.93. The van der Waals surface area contributed by atoms with Crippen molar-refractivity contribution in [1.29, 1.82) is 5.26 Å². The van der Waals surface area contributed by atoms with Crippen molar-refractivity contribution in [3.05, 3.63) is 35.9 Å². The molecule has 80 valence electrons. The van der Waals surface area contributed by atoms with Gasteiger partial charge in [-0.1, -0.05) is 6.07 Å². The molecule has 4 nitrogen and oxygen atoms in total. The Labute approximate surface area is 93.3 Å². The lowest BCUT2D eigenvalue weighted by molar-refractivity contribution is 0.645. The molecule has 4 heteroatoms. The van der Waals surface area contributed by atoms with Crippen LogP contribution in [0.3, 0.4) is 0 Å². The van der Waals surface area contributed by atoms with Crippen LogP contribution in [0.25, 0.3) is 5.52 Å². The SMILES string of the molecule is N#Cc1nc(C2(CN)CC2)n2ccccc12. The lowest BCUT2D eigenvalue weighted by atomic mass is 10.1. The first-order chi connectivity index (χ1) is 7.80. The van der Waals surface area contributed by atoms with E-state index < -0.39 is 0 Å². The van der Waals surface area contributed by atoms with Crippen molar-refractivity contribution in [3.63, 3.8) is 0 Å². The van der Waals surface area contributed by atoms with E-state index in [0.29, 0.717) is 12.2 Å². The molecule has 1 fully saturated rings. The fraction of sp³-hybridized carbons (Fsp3) is 0.333. The quantitative estimate of drug-likeness (QED) is 0.813. The molecule has 0 aromatic carbocycles. The Balaban J connectivity index is 2.30. The Morgan fingerprint density at radius 2 is 2.31 bits per heavy atom. The summed E-state index contributed by atoms with van der Waals surface area (Å²) in [6.07, 6.45) is 4.10. The molecule has 1 aliphatic rings. The maximum Gasteiger partial charge on any atom is 0.166 e. The van der Waals surface area contributed by atoms with Gasteiger partial charge in [-0.05, 0) is 25.0 Å². The molecule has 1 aliphatic carbocycles. The molecule has 2 N–H and O–H groups in total. The summed E-state index contributed by atoms with van der Waals surface area (Å²) in [6.45, 7) is 0.603.